The summed E-state index contributed by atoms with van der Waals surface area (Å²) in [7, 11) is 0. The van der Waals surface area contributed by atoms with Gasteiger partial charge in [0.05, 0.1) is 36.1 Å². The molecule has 27 heavy (non-hydrogen) atoms. The molecular formula is C19H19N5O3. The zero-order chi connectivity index (χ0) is 18.6. The van der Waals surface area contributed by atoms with Crippen LogP contribution in [-0.2, 0) is 16.1 Å². The zero-order valence-corrected chi connectivity index (χ0v) is 14.7. The van der Waals surface area contributed by atoms with E-state index in [0.29, 0.717) is 48.8 Å². The topological polar surface area (TPSA) is 89.3 Å². The van der Waals surface area contributed by atoms with Gasteiger partial charge >= 0.3 is 0 Å². The summed E-state index contributed by atoms with van der Waals surface area (Å²) >= 11 is 0. The van der Waals surface area contributed by atoms with Gasteiger partial charge in [0.25, 0.3) is 5.56 Å². The fourth-order valence-corrected chi connectivity index (χ4v) is 3.13. The number of benzene rings is 1. The van der Waals surface area contributed by atoms with Crippen LogP contribution >= 0.6 is 0 Å². The Labute approximate surface area is 155 Å². The average molecular weight is 365 g/mol. The maximum atomic E-state index is 12.7. The number of nitrogens with zero attached hydrogens (tertiary/aromatic N) is 4. The highest BCUT2D eigenvalue weighted by molar-refractivity contribution is 5.94. The van der Waals surface area contributed by atoms with Gasteiger partial charge in [-0.3, -0.25) is 14.2 Å². The predicted octanol–water partition coefficient (Wildman–Crippen LogP) is 1.27. The summed E-state index contributed by atoms with van der Waals surface area (Å²) in [4.78, 5) is 35.5. The number of hydrogen-bond acceptors (Lipinski definition) is 6. The van der Waals surface area contributed by atoms with Gasteiger partial charge in [0.2, 0.25) is 5.91 Å². The largest absolute Gasteiger partial charge is 0.378 e. The molecule has 0 aliphatic carbocycles. The molecule has 0 spiro atoms. The maximum Gasteiger partial charge on any atom is 0.269 e. The minimum Gasteiger partial charge on any atom is -0.378 e. The van der Waals surface area contributed by atoms with E-state index in [2.05, 4.69) is 20.2 Å². The van der Waals surface area contributed by atoms with E-state index in [1.54, 1.807) is 24.4 Å². The molecule has 138 valence electrons. The van der Waals surface area contributed by atoms with Crippen molar-refractivity contribution in [2.24, 2.45) is 0 Å². The molecule has 8 heteroatoms. The Morgan fingerprint density at radius 3 is 2.78 bits per heavy atom. The van der Waals surface area contributed by atoms with Gasteiger partial charge in [0.15, 0.2) is 5.82 Å². The lowest BCUT2D eigenvalue weighted by Gasteiger charge is -2.29. The third-order valence-electron chi connectivity index (χ3n) is 4.43. The summed E-state index contributed by atoms with van der Waals surface area (Å²) < 4.78 is 6.79. The van der Waals surface area contributed by atoms with Crippen LogP contribution in [0.4, 0.5) is 11.5 Å². The van der Waals surface area contributed by atoms with Gasteiger partial charge in [-0.15, -0.1) is 0 Å². The number of amides is 1. The van der Waals surface area contributed by atoms with Crippen LogP contribution in [0.3, 0.4) is 0 Å². The van der Waals surface area contributed by atoms with Crippen molar-refractivity contribution >= 4 is 28.4 Å². The second-order valence-corrected chi connectivity index (χ2v) is 6.19. The lowest BCUT2D eigenvalue weighted by molar-refractivity contribution is -0.116. The van der Waals surface area contributed by atoms with E-state index in [0.717, 1.165) is 0 Å². The Hall–Kier alpha value is -3.26. The van der Waals surface area contributed by atoms with Crippen molar-refractivity contribution in [3.05, 3.63) is 59.1 Å². The molecule has 1 aromatic carbocycles. The second-order valence-electron chi connectivity index (χ2n) is 6.19. The minimum atomic E-state index is -0.316. The van der Waals surface area contributed by atoms with E-state index in [1.165, 1.54) is 10.8 Å². The molecule has 0 bridgehead atoms. The van der Waals surface area contributed by atoms with Crippen LogP contribution in [0.15, 0.2) is 53.6 Å². The van der Waals surface area contributed by atoms with Crippen molar-refractivity contribution in [1.29, 1.82) is 0 Å². The highest BCUT2D eigenvalue weighted by Gasteiger charge is 2.17. The fraction of sp³-hybridized carbons (Fsp3) is 0.263. The molecule has 2 aromatic heterocycles. The summed E-state index contributed by atoms with van der Waals surface area (Å²) in [5.74, 6) is 0.414. The smallest absolute Gasteiger partial charge is 0.269 e. The highest BCUT2D eigenvalue weighted by atomic mass is 16.5. The van der Waals surface area contributed by atoms with E-state index in [1.807, 2.05) is 18.2 Å². The molecule has 0 unspecified atom stereocenters. The van der Waals surface area contributed by atoms with Gasteiger partial charge < -0.3 is 15.0 Å². The minimum absolute atomic E-state index is 0.0979. The lowest BCUT2D eigenvalue weighted by atomic mass is 10.3. The third-order valence-corrected chi connectivity index (χ3v) is 4.43. The maximum absolute atomic E-state index is 12.7. The summed E-state index contributed by atoms with van der Waals surface area (Å²) in [6.07, 6.45) is 2.93. The Bertz CT molecular complexity index is 1030. The van der Waals surface area contributed by atoms with E-state index >= 15 is 0 Å². The first kappa shape index (κ1) is 17.2. The number of para-hydroxylation sites is 2. The van der Waals surface area contributed by atoms with Gasteiger partial charge in [-0.05, 0) is 24.3 Å². The summed E-state index contributed by atoms with van der Waals surface area (Å²) in [6, 6.07) is 10.8. The summed E-state index contributed by atoms with van der Waals surface area (Å²) in [5, 5.41) is 2.88. The number of morpholine rings is 1. The molecule has 3 heterocycles. The molecule has 1 aliphatic rings. The third kappa shape index (κ3) is 3.65. The first-order valence-electron chi connectivity index (χ1n) is 8.74. The van der Waals surface area contributed by atoms with Crippen LogP contribution in [0.1, 0.15) is 0 Å². The number of pyridine rings is 1. The van der Waals surface area contributed by atoms with Crippen molar-refractivity contribution in [3.63, 3.8) is 0 Å². The number of nitrogens with one attached hydrogen (secondary N) is 1. The number of hydrogen-bond donors (Lipinski definition) is 1. The number of fused-ring (bicyclic) bond motifs is 1. The van der Waals surface area contributed by atoms with Gasteiger partial charge in [-0.25, -0.2) is 9.97 Å². The number of aromatic nitrogens is 3. The molecule has 1 saturated heterocycles. The van der Waals surface area contributed by atoms with Crippen molar-refractivity contribution in [2.75, 3.05) is 36.5 Å². The van der Waals surface area contributed by atoms with Gasteiger partial charge in [-0.2, -0.15) is 0 Å². The first-order valence-corrected chi connectivity index (χ1v) is 8.74. The van der Waals surface area contributed by atoms with Crippen LogP contribution < -0.4 is 15.8 Å². The SMILES string of the molecule is O=C(Cn1c(=O)cnc2ccccc21)Nc1cccnc1N1CCOCC1. The van der Waals surface area contributed by atoms with Crippen LogP contribution in [0.25, 0.3) is 11.0 Å². The van der Waals surface area contributed by atoms with E-state index in [9.17, 15) is 9.59 Å². The molecule has 1 fully saturated rings. The monoisotopic (exact) mass is 365 g/mol. The van der Waals surface area contributed by atoms with E-state index in [-0.39, 0.29) is 18.0 Å². The Morgan fingerprint density at radius 1 is 1.11 bits per heavy atom. The van der Waals surface area contributed by atoms with Crippen molar-refractivity contribution < 1.29 is 9.53 Å². The highest BCUT2D eigenvalue weighted by Crippen LogP contribution is 2.23. The van der Waals surface area contributed by atoms with Crippen LogP contribution in [0.5, 0.6) is 0 Å². The number of carbonyl (C=O) groups is 1. The Balaban J connectivity index is 1.58. The van der Waals surface area contributed by atoms with E-state index in [4.69, 9.17) is 4.74 Å². The van der Waals surface area contributed by atoms with Crippen LogP contribution in [0, 0.1) is 0 Å². The standard InChI is InChI=1S/C19H19N5O3/c25-17(13-24-16-6-2-1-4-14(16)21-12-18(24)26)22-15-5-3-7-20-19(15)23-8-10-27-11-9-23/h1-7,12H,8-11,13H2,(H,22,25). The molecule has 1 amide bonds. The van der Waals surface area contributed by atoms with Crippen molar-refractivity contribution in [2.45, 2.75) is 6.54 Å². The Kier molecular flexibility index (Phi) is 4.80. The van der Waals surface area contributed by atoms with Crippen molar-refractivity contribution in [3.8, 4) is 0 Å². The number of ether oxygens (including phenoxy) is 1. The predicted molar refractivity (Wildman–Crippen MR) is 102 cm³/mol. The quantitative estimate of drug-likeness (QED) is 0.749. The first-order chi connectivity index (χ1) is 13.2. The fourth-order valence-electron chi connectivity index (χ4n) is 3.13. The zero-order valence-electron chi connectivity index (χ0n) is 14.7. The molecule has 3 aromatic rings. The average Bonchev–Trinajstić information content (AvgIpc) is 2.71. The van der Waals surface area contributed by atoms with E-state index < -0.39 is 0 Å². The number of rotatable bonds is 4. The van der Waals surface area contributed by atoms with Crippen LogP contribution in [0.2, 0.25) is 0 Å². The molecule has 1 N–H and O–H groups in total. The van der Waals surface area contributed by atoms with Gasteiger partial charge in [0.1, 0.15) is 6.54 Å². The summed E-state index contributed by atoms with van der Waals surface area (Å²) in [6.45, 7) is 2.59. The normalized spacial score (nSPS) is 14.3. The molecule has 4 rings (SSSR count). The molecule has 0 saturated carbocycles. The molecule has 0 atom stereocenters. The molecule has 8 nitrogen and oxygen atoms in total. The Morgan fingerprint density at radius 2 is 1.93 bits per heavy atom. The molecule has 1 aliphatic heterocycles. The van der Waals surface area contributed by atoms with Gasteiger partial charge in [-0.1, -0.05) is 12.1 Å². The number of carbonyl (C=O) groups excluding carboxylic acids is 1. The summed E-state index contributed by atoms with van der Waals surface area (Å²) in [5.41, 5.74) is 1.60. The van der Waals surface area contributed by atoms with Gasteiger partial charge in [0, 0.05) is 19.3 Å². The van der Waals surface area contributed by atoms with Crippen molar-refractivity contribution in [1.82, 2.24) is 14.5 Å². The number of anilines is 2. The lowest BCUT2D eigenvalue weighted by Crippen LogP contribution is -2.37. The second kappa shape index (κ2) is 7.55. The molecular weight excluding hydrogens is 346 g/mol. The molecule has 0 radical (unpaired) electrons. The van der Waals surface area contributed by atoms with Crippen LogP contribution in [-0.4, -0.2) is 46.7 Å².